The first-order valence-corrected chi connectivity index (χ1v) is 3.69. The van der Waals surface area contributed by atoms with Crippen LogP contribution in [0.25, 0.3) is 0 Å². The predicted molar refractivity (Wildman–Crippen MR) is 26.9 cm³/mol. The third kappa shape index (κ3) is 52.0. The molecule has 0 rings (SSSR count). The summed E-state index contributed by atoms with van der Waals surface area (Å²) in [6.45, 7) is 6.75. The second kappa shape index (κ2) is 1.55. The van der Waals surface area contributed by atoms with Crippen LogP contribution in [-0.4, -0.2) is 24.7 Å². The molecule has 0 saturated carbocycles. The second-order valence-corrected chi connectivity index (χ2v) is 8.08. The summed E-state index contributed by atoms with van der Waals surface area (Å²) in [5.41, 5.74) is 0. The Morgan fingerprint density at radius 1 is 1.20 bits per heavy atom. The van der Waals surface area contributed by atoms with E-state index < -0.39 is 0 Å². The maximum absolute atomic E-state index is 2.25. The molecule has 0 bridgehead atoms. The molecule has 1 radical (unpaired) electrons. The van der Waals surface area contributed by atoms with Gasteiger partial charge >= 0.3 is 48.6 Å². The van der Waals surface area contributed by atoms with Gasteiger partial charge in [0.1, 0.15) is 0 Å². The normalized spacial score (nSPS) is 12.0. The Bertz CT molecular complexity index is 19.1. The first-order valence-electron chi connectivity index (χ1n) is 1.75. The molecule has 0 spiro atoms. The van der Waals surface area contributed by atoms with Crippen LogP contribution in [0, 0.1) is 0 Å². The Kier molecular flexibility index (Phi) is 1.83. The summed E-state index contributed by atoms with van der Waals surface area (Å²) in [6.07, 6.45) is 0. The van der Waals surface area contributed by atoms with Gasteiger partial charge in [-0.25, -0.2) is 0 Å². The fourth-order valence-electron chi connectivity index (χ4n) is 0. The van der Waals surface area contributed by atoms with Crippen LogP contribution in [0.1, 0.15) is 20.8 Å². The third-order valence-corrected chi connectivity index (χ3v) is 0. The molecular weight excluding hydrogens is 257 g/mol. The minimum absolute atomic E-state index is 0.639. The molecule has 0 saturated heterocycles. The quantitative estimate of drug-likeness (QED) is 0.577. The summed E-state index contributed by atoms with van der Waals surface area (Å²) in [6, 6.07) is 0. The fraction of sp³-hybridized carbons (Fsp3) is 1.00. The van der Waals surface area contributed by atoms with E-state index in [0.717, 1.165) is 0 Å². The number of rotatable bonds is 0. The van der Waals surface area contributed by atoms with Crippen molar-refractivity contribution in [1.82, 2.24) is 0 Å². The van der Waals surface area contributed by atoms with Gasteiger partial charge in [0.25, 0.3) is 0 Å². The van der Waals surface area contributed by atoms with Crippen LogP contribution in [0.4, 0.5) is 0 Å². The standard InChI is InChI=1S/C4H9.Bi.H/c1-4(2)3;;/h1-3H3;;. The zero-order valence-electron chi connectivity index (χ0n) is 4.00. The number of hydrogen-bond donors (Lipinski definition) is 0. The SMILES string of the molecule is C[C](C)(C)[BiH]. The van der Waals surface area contributed by atoms with Crippen molar-refractivity contribution in [3.8, 4) is 0 Å². The van der Waals surface area contributed by atoms with Crippen molar-refractivity contribution in [2.45, 2.75) is 23.9 Å². The zero-order valence-corrected chi connectivity index (χ0v) is 7.89. The monoisotopic (exact) mass is 267 g/mol. The molecule has 0 aliphatic rings. The van der Waals surface area contributed by atoms with E-state index in [2.05, 4.69) is 20.8 Å². The average Bonchev–Trinajstić information content (AvgIpc) is 0.722. The van der Waals surface area contributed by atoms with Gasteiger partial charge in [-0.3, -0.25) is 0 Å². The van der Waals surface area contributed by atoms with Gasteiger partial charge in [-0.05, 0) is 0 Å². The molecule has 1 heteroatoms. The van der Waals surface area contributed by atoms with E-state index in [1.165, 1.54) is 24.7 Å². The molecule has 5 heavy (non-hydrogen) atoms. The van der Waals surface area contributed by atoms with Gasteiger partial charge in [0.15, 0.2) is 0 Å². The predicted octanol–water partition coefficient (Wildman–Crippen LogP) is 1.11. The van der Waals surface area contributed by atoms with Crippen molar-refractivity contribution in [1.29, 1.82) is 0 Å². The minimum atomic E-state index is 0.639. The average molecular weight is 267 g/mol. The van der Waals surface area contributed by atoms with Crippen molar-refractivity contribution in [3.05, 3.63) is 0 Å². The first kappa shape index (κ1) is 5.88. The van der Waals surface area contributed by atoms with Gasteiger partial charge in [-0.15, -0.1) is 0 Å². The van der Waals surface area contributed by atoms with Gasteiger partial charge in [0.2, 0.25) is 0 Å². The van der Waals surface area contributed by atoms with Crippen LogP contribution in [0.15, 0.2) is 0 Å². The van der Waals surface area contributed by atoms with Crippen LogP contribution in [0.3, 0.4) is 0 Å². The van der Waals surface area contributed by atoms with Crippen LogP contribution in [0.2, 0.25) is 3.12 Å². The topological polar surface area (TPSA) is 0 Å². The first-order chi connectivity index (χ1) is 2.00. The molecule has 0 unspecified atom stereocenters. The summed E-state index contributed by atoms with van der Waals surface area (Å²) in [4.78, 5) is 0. The van der Waals surface area contributed by atoms with Crippen LogP contribution < -0.4 is 0 Å². The molecule has 0 amide bonds. The number of hydrogen-bond acceptors (Lipinski definition) is 0. The molecule has 0 nitrogen and oxygen atoms in total. The summed E-state index contributed by atoms with van der Waals surface area (Å²) in [5, 5.41) is 0. The van der Waals surface area contributed by atoms with Crippen molar-refractivity contribution in [3.63, 3.8) is 0 Å². The Hall–Kier alpha value is 0.883. The van der Waals surface area contributed by atoms with E-state index in [4.69, 9.17) is 0 Å². The molecule has 0 aliphatic carbocycles. The van der Waals surface area contributed by atoms with Crippen molar-refractivity contribution in [2.75, 3.05) is 0 Å². The van der Waals surface area contributed by atoms with E-state index in [9.17, 15) is 0 Å². The van der Waals surface area contributed by atoms with Gasteiger partial charge in [-0.2, -0.15) is 0 Å². The van der Waals surface area contributed by atoms with Crippen LogP contribution in [0.5, 0.6) is 0 Å². The summed E-state index contributed by atoms with van der Waals surface area (Å²) < 4.78 is 0.639. The van der Waals surface area contributed by atoms with Crippen molar-refractivity contribution >= 4 is 24.7 Å². The van der Waals surface area contributed by atoms with Crippen LogP contribution in [-0.2, 0) is 0 Å². The molecule has 0 aromatic rings. The second-order valence-electron chi connectivity index (χ2n) is 2.25. The van der Waals surface area contributed by atoms with E-state index in [1.54, 1.807) is 0 Å². The summed E-state index contributed by atoms with van der Waals surface area (Å²) in [5.74, 6) is 0. The Morgan fingerprint density at radius 2 is 1.20 bits per heavy atom. The van der Waals surface area contributed by atoms with E-state index in [0.29, 0.717) is 3.12 Å². The molecule has 0 aliphatic heterocycles. The molecule has 31 valence electrons. The molecule has 0 heterocycles. The Labute approximate surface area is 48.8 Å². The van der Waals surface area contributed by atoms with Gasteiger partial charge in [-0.1, -0.05) is 0 Å². The molecular formula is C4H10Bi. The molecule has 0 atom stereocenters. The third-order valence-electron chi connectivity index (χ3n) is 0. The van der Waals surface area contributed by atoms with Gasteiger partial charge in [0.05, 0.1) is 0 Å². The van der Waals surface area contributed by atoms with Gasteiger partial charge < -0.3 is 0 Å². The molecule has 0 N–H and O–H groups in total. The Morgan fingerprint density at radius 3 is 1.20 bits per heavy atom. The van der Waals surface area contributed by atoms with E-state index >= 15 is 0 Å². The maximum atomic E-state index is 2.25. The molecule has 0 aromatic heterocycles. The summed E-state index contributed by atoms with van der Waals surface area (Å²) >= 11 is 1.31. The molecule has 0 fully saturated rings. The molecule has 0 aromatic carbocycles. The van der Waals surface area contributed by atoms with E-state index in [-0.39, 0.29) is 0 Å². The van der Waals surface area contributed by atoms with Crippen molar-refractivity contribution in [2.24, 2.45) is 0 Å². The van der Waals surface area contributed by atoms with E-state index in [1.807, 2.05) is 0 Å². The summed E-state index contributed by atoms with van der Waals surface area (Å²) in [7, 11) is 0. The van der Waals surface area contributed by atoms with Crippen LogP contribution >= 0.6 is 0 Å². The fourth-order valence-corrected chi connectivity index (χ4v) is 0. The zero-order chi connectivity index (χ0) is 4.50. The van der Waals surface area contributed by atoms with Crippen molar-refractivity contribution < 1.29 is 0 Å². The Balaban J connectivity index is 3.02. The van der Waals surface area contributed by atoms with Gasteiger partial charge in [0, 0.05) is 0 Å².